The minimum absolute atomic E-state index is 0.00438. The maximum Gasteiger partial charge on any atom is 0.251 e. The summed E-state index contributed by atoms with van der Waals surface area (Å²) < 4.78 is 0. The highest BCUT2D eigenvalue weighted by Gasteiger charge is 2.21. The van der Waals surface area contributed by atoms with Gasteiger partial charge in [0.05, 0.1) is 0 Å². The Balaban J connectivity index is 1.65. The van der Waals surface area contributed by atoms with E-state index < -0.39 is 0 Å². The van der Waals surface area contributed by atoms with Crippen molar-refractivity contribution in [2.45, 2.75) is 79.2 Å². The molecular weight excluding hydrogens is 372 g/mol. The Kier molecular flexibility index (Phi) is 9.13. The highest BCUT2D eigenvalue weighted by molar-refractivity contribution is 5.94. The molecule has 1 heterocycles. The molecular formula is C26H40N2O2. The molecule has 1 aliphatic rings. The van der Waals surface area contributed by atoms with Gasteiger partial charge in [0.25, 0.3) is 5.91 Å². The van der Waals surface area contributed by atoms with Crippen LogP contribution in [0.2, 0.25) is 0 Å². The molecule has 1 fully saturated rings. The van der Waals surface area contributed by atoms with Gasteiger partial charge in [0.2, 0.25) is 5.91 Å². The van der Waals surface area contributed by atoms with E-state index >= 15 is 0 Å². The zero-order valence-electron chi connectivity index (χ0n) is 19.5. The van der Waals surface area contributed by atoms with Crippen molar-refractivity contribution < 1.29 is 9.59 Å². The molecule has 2 amide bonds. The number of piperidine rings is 1. The molecule has 166 valence electrons. The van der Waals surface area contributed by atoms with Gasteiger partial charge in [-0.05, 0) is 74.6 Å². The maximum absolute atomic E-state index is 12.3. The van der Waals surface area contributed by atoms with E-state index in [2.05, 4.69) is 38.2 Å². The van der Waals surface area contributed by atoms with Gasteiger partial charge in [0.15, 0.2) is 0 Å². The Hall–Kier alpha value is -2.10. The molecule has 1 aromatic carbocycles. The van der Waals surface area contributed by atoms with Crippen molar-refractivity contribution in [3.63, 3.8) is 0 Å². The van der Waals surface area contributed by atoms with Crippen molar-refractivity contribution in [2.75, 3.05) is 13.1 Å². The highest BCUT2D eigenvalue weighted by atomic mass is 16.2. The molecule has 0 bridgehead atoms. The summed E-state index contributed by atoms with van der Waals surface area (Å²) in [6.45, 7) is 12.1. The number of unbranched alkanes of at least 4 members (excludes halogenated alkanes) is 1. The summed E-state index contributed by atoms with van der Waals surface area (Å²) in [5.74, 6) is 0.895. The molecule has 0 radical (unpaired) electrons. The van der Waals surface area contributed by atoms with Crippen LogP contribution in [0.1, 0.15) is 82.6 Å². The Labute approximate surface area is 183 Å². The number of allylic oxidation sites excluding steroid dienone is 1. The van der Waals surface area contributed by atoms with Crippen molar-refractivity contribution in [3.05, 3.63) is 47.5 Å². The molecule has 1 aromatic rings. The first-order chi connectivity index (χ1) is 14.1. The fourth-order valence-electron chi connectivity index (χ4n) is 3.80. The fourth-order valence-corrected chi connectivity index (χ4v) is 3.80. The normalized spacial score (nSPS) is 15.7. The monoisotopic (exact) mass is 412 g/mol. The van der Waals surface area contributed by atoms with Crippen LogP contribution < -0.4 is 5.32 Å². The van der Waals surface area contributed by atoms with Crippen LogP contribution in [-0.2, 0) is 11.2 Å². The number of likely N-dealkylation sites (tertiary alicyclic amines) is 1. The number of hydrogen-bond acceptors (Lipinski definition) is 2. The first kappa shape index (κ1) is 24.2. The second kappa shape index (κ2) is 11.3. The van der Waals surface area contributed by atoms with Crippen molar-refractivity contribution in [1.82, 2.24) is 10.2 Å². The van der Waals surface area contributed by atoms with E-state index in [1.165, 1.54) is 24.8 Å². The lowest BCUT2D eigenvalue weighted by atomic mass is 9.90. The molecule has 1 N–H and O–H groups in total. The highest BCUT2D eigenvalue weighted by Crippen LogP contribution is 2.24. The van der Waals surface area contributed by atoms with Crippen LogP contribution in [0, 0.1) is 11.3 Å². The molecule has 4 nitrogen and oxygen atoms in total. The molecule has 0 aliphatic carbocycles. The Morgan fingerprint density at radius 3 is 2.30 bits per heavy atom. The van der Waals surface area contributed by atoms with Crippen molar-refractivity contribution in [2.24, 2.45) is 11.3 Å². The summed E-state index contributed by atoms with van der Waals surface area (Å²) in [6.07, 6.45) is 10.7. The number of carbonyl (C=O) groups is 2. The third kappa shape index (κ3) is 8.73. The predicted molar refractivity (Wildman–Crippen MR) is 124 cm³/mol. The number of amides is 2. The number of benzene rings is 1. The summed E-state index contributed by atoms with van der Waals surface area (Å²) in [5, 5.41) is 2.92. The summed E-state index contributed by atoms with van der Waals surface area (Å²) in [6, 6.07) is 8.15. The predicted octanol–water partition coefficient (Wildman–Crippen LogP) is 5.38. The lowest BCUT2D eigenvalue weighted by molar-refractivity contribution is -0.127. The number of aryl methyl sites for hydroxylation is 1. The molecule has 1 saturated heterocycles. The van der Waals surface area contributed by atoms with Gasteiger partial charge in [-0.2, -0.15) is 0 Å². The van der Waals surface area contributed by atoms with Crippen LogP contribution in [0.15, 0.2) is 36.4 Å². The van der Waals surface area contributed by atoms with E-state index in [0.29, 0.717) is 0 Å². The Morgan fingerprint density at radius 2 is 1.73 bits per heavy atom. The van der Waals surface area contributed by atoms with Gasteiger partial charge in [-0.3, -0.25) is 9.59 Å². The fraction of sp³-hybridized carbons (Fsp3) is 0.615. The molecule has 2 rings (SSSR count). The maximum atomic E-state index is 12.3. The van der Waals surface area contributed by atoms with Gasteiger partial charge in [-0.25, -0.2) is 0 Å². The van der Waals surface area contributed by atoms with E-state index in [-0.39, 0.29) is 23.3 Å². The summed E-state index contributed by atoms with van der Waals surface area (Å²) in [5.41, 5.74) is 2.07. The number of nitrogens with zero attached hydrogens (tertiary/aromatic N) is 1. The molecule has 0 aromatic heterocycles. The molecule has 4 heteroatoms. The second-order valence-corrected chi connectivity index (χ2v) is 10.0. The molecule has 0 spiro atoms. The van der Waals surface area contributed by atoms with Crippen LogP contribution in [0.3, 0.4) is 0 Å². The van der Waals surface area contributed by atoms with E-state index in [0.717, 1.165) is 43.8 Å². The molecule has 1 aliphatic heterocycles. The van der Waals surface area contributed by atoms with Crippen LogP contribution in [0.25, 0.3) is 0 Å². The topological polar surface area (TPSA) is 49.4 Å². The number of rotatable bonds is 8. The van der Waals surface area contributed by atoms with Gasteiger partial charge >= 0.3 is 0 Å². The van der Waals surface area contributed by atoms with E-state index in [9.17, 15) is 9.59 Å². The Morgan fingerprint density at radius 1 is 1.10 bits per heavy atom. The number of hydrogen-bond donors (Lipinski definition) is 1. The minimum Gasteiger partial charge on any atom is -0.350 e. The van der Waals surface area contributed by atoms with Crippen LogP contribution in [0.5, 0.6) is 0 Å². The van der Waals surface area contributed by atoms with Crippen LogP contribution in [0.4, 0.5) is 0 Å². The van der Waals surface area contributed by atoms with Crippen LogP contribution >= 0.6 is 0 Å². The van der Waals surface area contributed by atoms with Gasteiger partial charge in [0.1, 0.15) is 0 Å². The van der Waals surface area contributed by atoms with Crippen molar-refractivity contribution >= 4 is 11.8 Å². The van der Waals surface area contributed by atoms with E-state index in [4.69, 9.17) is 0 Å². The molecule has 30 heavy (non-hydrogen) atoms. The zero-order chi connectivity index (χ0) is 22.1. The van der Waals surface area contributed by atoms with Gasteiger partial charge in [0, 0.05) is 24.7 Å². The summed E-state index contributed by atoms with van der Waals surface area (Å²) >= 11 is 0. The van der Waals surface area contributed by atoms with Crippen molar-refractivity contribution in [3.8, 4) is 0 Å². The average molecular weight is 413 g/mol. The third-order valence-electron chi connectivity index (χ3n) is 5.62. The first-order valence-corrected chi connectivity index (χ1v) is 11.5. The van der Waals surface area contributed by atoms with Gasteiger partial charge in [-0.15, -0.1) is 0 Å². The average Bonchev–Trinajstić information content (AvgIpc) is 2.69. The summed E-state index contributed by atoms with van der Waals surface area (Å²) in [7, 11) is 0. The van der Waals surface area contributed by atoms with Gasteiger partial charge < -0.3 is 10.2 Å². The molecule has 0 atom stereocenters. The number of nitrogens with one attached hydrogen (secondary N) is 1. The van der Waals surface area contributed by atoms with E-state index in [1.54, 1.807) is 6.08 Å². The Bertz CT molecular complexity index is 706. The van der Waals surface area contributed by atoms with Crippen LogP contribution in [-0.4, -0.2) is 35.8 Å². The lowest BCUT2D eigenvalue weighted by Crippen LogP contribution is -2.37. The lowest BCUT2D eigenvalue weighted by Gasteiger charge is -2.31. The van der Waals surface area contributed by atoms with Gasteiger partial charge in [-0.1, -0.05) is 51.8 Å². The quantitative estimate of drug-likeness (QED) is 0.460. The number of carbonyl (C=O) groups excluding carboxylic acids is 2. The molecule has 0 saturated carbocycles. The van der Waals surface area contributed by atoms with E-state index in [1.807, 2.05) is 37.0 Å². The summed E-state index contributed by atoms with van der Waals surface area (Å²) in [4.78, 5) is 26.3. The zero-order valence-corrected chi connectivity index (χ0v) is 19.5. The first-order valence-electron chi connectivity index (χ1n) is 11.5. The minimum atomic E-state index is -0.00438. The second-order valence-electron chi connectivity index (χ2n) is 10.0. The standard InChI is InChI=1S/C26H40N2O2/c1-20(2)27-25(30)23-12-10-21(11-13-23)8-6-7-9-22-15-18-28(19-16-22)24(29)14-17-26(3,4)5/h10-14,17,20,22H,6-9,15-16,18-19H2,1-5H3,(H,27,30)/b17-14-. The molecule has 0 unspecified atom stereocenters. The smallest absolute Gasteiger partial charge is 0.251 e. The largest absolute Gasteiger partial charge is 0.350 e. The van der Waals surface area contributed by atoms with Crippen molar-refractivity contribution in [1.29, 1.82) is 0 Å². The third-order valence-corrected chi connectivity index (χ3v) is 5.62. The SMILES string of the molecule is CC(C)NC(=O)c1ccc(CCCCC2CCN(C(=O)/C=C\C(C)(C)C)CC2)cc1.